The lowest BCUT2D eigenvalue weighted by Gasteiger charge is -2.26. The van der Waals surface area contributed by atoms with E-state index in [1.54, 1.807) is 0 Å². The van der Waals surface area contributed by atoms with E-state index in [2.05, 4.69) is 9.97 Å². The van der Waals surface area contributed by atoms with E-state index in [0.29, 0.717) is 13.2 Å². The van der Waals surface area contributed by atoms with E-state index < -0.39 is 7.12 Å². The normalized spacial score (nSPS) is 11.2. The molecule has 0 bridgehead atoms. The second-order valence-corrected chi connectivity index (χ2v) is 8.17. The van der Waals surface area contributed by atoms with E-state index in [0.717, 1.165) is 11.1 Å². The van der Waals surface area contributed by atoms with Crippen LogP contribution in [0.3, 0.4) is 0 Å². The summed E-state index contributed by atoms with van der Waals surface area (Å²) in [6, 6.07) is 19.5. The molecule has 156 valence electrons. The third kappa shape index (κ3) is 6.86. The minimum absolute atomic E-state index is 0.132. The van der Waals surface area contributed by atoms with Gasteiger partial charge in [0.1, 0.15) is 13.2 Å². The summed E-state index contributed by atoms with van der Waals surface area (Å²) in [6.07, 6.45) is 1.42. The van der Waals surface area contributed by atoms with Gasteiger partial charge in [0.2, 0.25) is 13.0 Å². The number of hydrogen-bond donors (Lipinski definition) is 0. The van der Waals surface area contributed by atoms with Crippen molar-refractivity contribution in [2.24, 2.45) is 5.41 Å². The SMILES string of the molecule is CC(C)(C)COB([O-])c1cnc(OCc2ccccc2)nc1OCc1ccccc1. The van der Waals surface area contributed by atoms with Gasteiger partial charge in [-0.2, -0.15) is 4.98 Å². The van der Waals surface area contributed by atoms with E-state index in [-0.39, 0.29) is 29.4 Å². The van der Waals surface area contributed by atoms with Gasteiger partial charge in [-0.3, -0.25) is 0 Å². The summed E-state index contributed by atoms with van der Waals surface area (Å²) in [5.41, 5.74) is 2.08. The Labute approximate surface area is 178 Å². The standard InChI is InChI=1S/C23H26BN2O4/c1-23(2,3)17-30-24(27)20-14-25-22(29-16-19-12-8-5-9-13-19)26-21(20)28-15-18-10-6-4-7-11-18/h4-14H,15-17H2,1-3H3/q-1. The first kappa shape index (κ1) is 21.8. The van der Waals surface area contributed by atoms with Gasteiger partial charge in [0.05, 0.1) is 0 Å². The molecular weight excluding hydrogens is 379 g/mol. The van der Waals surface area contributed by atoms with Crippen LogP contribution in [-0.4, -0.2) is 23.7 Å². The molecule has 0 saturated carbocycles. The van der Waals surface area contributed by atoms with Crippen molar-refractivity contribution in [2.75, 3.05) is 6.61 Å². The van der Waals surface area contributed by atoms with Crippen LogP contribution in [0.1, 0.15) is 31.9 Å². The fourth-order valence-electron chi connectivity index (χ4n) is 2.57. The molecule has 2 aromatic carbocycles. The Kier molecular flexibility index (Phi) is 7.44. The maximum Gasteiger partial charge on any atom is 0.319 e. The molecule has 0 aliphatic carbocycles. The minimum Gasteiger partial charge on any atom is -0.852 e. The van der Waals surface area contributed by atoms with Crippen LogP contribution in [0, 0.1) is 5.41 Å². The lowest BCUT2D eigenvalue weighted by Crippen LogP contribution is -2.48. The summed E-state index contributed by atoms with van der Waals surface area (Å²) < 4.78 is 17.0. The summed E-state index contributed by atoms with van der Waals surface area (Å²) >= 11 is 0. The highest BCUT2D eigenvalue weighted by molar-refractivity contribution is 6.59. The molecule has 3 aromatic rings. The van der Waals surface area contributed by atoms with Crippen molar-refractivity contribution < 1.29 is 19.2 Å². The maximum absolute atomic E-state index is 12.7. The van der Waals surface area contributed by atoms with Crippen molar-refractivity contribution in [1.29, 1.82) is 0 Å². The summed E-state index contributed by atoms with van der Waals surface area (Å²) in [4.78, 5) is 8.51. The van der Waals surface area contributed by atoms with Gasteiger partial charge in [-0.1, -0.05) is 81.4 Å². The predicted octanol–water partition coefficient (Wildman–Crippen LogP) is 2.75. The molecule has 6 nitrogen and oxygen atoms in total. The molecule has 0 radical (unpaired) electrons. The van der Waals surface area contributed by atoms with Crippen LogP contribution in [0.4, 0.5) is 0 Å². The Bertz CT molecular complexity index is 917. The quantitative estimate of drug-likeness (QED) is 0.510. The largest absolute Gasteiger partial charge is 0.852 e. The molecule has 1 heterocycles. The molecular formula is C23H26BN2O4-. The molecule has 0 amide bonds. The molecule has 1 aromatic heterocycles. The van der Waals surface area contributed by atoms with Gasteiger partial charge in [0.15, 0.2) is 0 Å². The first-order chi connectivity index (χ1) is 14.4. The van der Waals surface area contributed by atoms with Crippen molar-refractivity contribution in [1.82, 2.24) is 9.97 Å². The van der Waals surface area contributed by atoms with Gasteiger partial charge in [-0.05, 0) is 16.5 Å². The molecule has 0 aliphatic rings. The Hall–Kier alpha value is -2.90. The summed E-state index contributed by atoms with van der Waals surface area (Å²) in [5, 5.41) is 12.7. The van der Waals surface area contributed by atoms with Gasteiger partial charge in [0.25, 0.3) is 0 Å². The predicted molar refractivity (Wildman–Crippen MR) is 114 cm³/mol. The zero-order chi connectivity index (χ0) is 21.4. The molecule has 30 heavy (non-hydrogen) atoms. The van der Waals surface area contributed by atoms with Gasteiger partial charge in [0, 0.05) is 18.3 Å². The summed E-state index contributed by atoms with van der Waals surface area (Å²) in [7, 11) is -1.45. The second-order valence-electron chi connectivity index (χ2n) is 8.17. The van der Waals surface area contributed by atoms with E-state index in [9.17, 15) is 5.02 Å². The first-order valence-electron chi connectivity index (χ1n) is 9.88. The number of hydrogen-bond acceptors (Lipinski definition) is 6. The highest BCUT2D eigenvalue weighted by atomic mass is 16.5. The number of ether oxygens (including phenoxy) is 2. The lowest BCUT2D eigenvalue weighted by atomic mass is 9.80. The van der Waals surface area contributed by atoms with Gasteiger partial charge >= 0.3 is 6.01 Å². The molecule has 3 rings (SSSR count). The van der Waals surface area contributed by atoms with E-state index in [1.807, 2.05) is 81.4 Å². The topological polar surface area (TPSA) is 76.5 Å². The van der Waals surface area contributed by atoms with Crippen LogP contribution >= 0.6 is 0 Å². The van der Waals surface area contributed by atoms with E-state index in [4.69, 9.17) is 14.1 Å². The lowest BCUT2D eigenvalue weighted by molar-refractivity contribution is -0.219. The smallest absolute Gasteiger partial charge is 0.319 e. The average molecular weight is 405 g/mol. The molecule has 0 aliphatic heterocycles. The average Bonchev–Trinajstić information content (AvgIpc) is 2.75. The number of nitrogens with zero attached hydrogens (tertiary/aromatic N) is 2. The van der Waals surface area contributed by atoms with Crippen LogP contribution in [-0.2, 0) is 17.9 Å². The van der Waals surface area contributed by atoms with E-state index in [1.165, 1.54) is 6.20 Å². The monoisotopic (exact) mass is 405 g/mol. The van der Waals surface area contributed by atoms with Crippen molar-refractivity contribution in [3.05, 3.63) is 78.0 Å². The molecule has 7 heteroatoms. The van der Waals surface area contributed by atoms with Crippen LogP contribution < -0.4 is 20.0 Å². The van der Waals surface area contributed by atoms with E-state index >= 15 is 0 Å². The first-order valence-corrected chi connectivity index (χ1v) is 9.88. The third-order valence-corrected chi connectivity index (χ3v) is 4.11. The zero-order valence-electron chi connectivity index (χ0n) is 17.6. The molecule has 0 fully saturated rings. The van der Waals surface area contributed by atoms with Crippen LogP contribution in [0.2, 0.25) is 0 Å². The second kappa shape index (κ2) is 10.2. The Morgan fingerprint density at radius 2 is 1.43 bits per heavy atom. The van der Waals surface area contributed by atoms with Crippen LogP contribution in [0.25, 0.3) is 0 Å². The number of rotatable bonds is 9. The van der Waals surface area contributed by atoms with Crippen molar-refractivity contribution in [3.8, 4) is 11.9 Å². The van der Waals surface area contributed by atoms with Crippen molar-refractivity contribution >= 4 is 12.6 Å². The molecule has 0 unspecified atom stereocenters. The Morgan fingerprint density at radius 1 is 0.867 bits per heavy atom. The molecule has 0 N–H and O–H groups in total. The van der Waals surface area contributed by atoms with Gasteiger partial charge in [-0.25, -0.2) is 4.98 Å². The summed E-state index contributed by atoms with van der Waals surface area (Å²) in [6.45, 7) is 6.91. The Morgan fingerprint density at radius 3 is 2.00 bits per heavy atom. The third-order valence-electron chi connectivity index (χ3n) is 4.11. The fourth-order valence-corrected chi connectivity index (χ4v) is 2.57. The molecule has 0 saturated heterocycles. The van der Waals surface area contributed by atoms with Gasteiger partial charge in [-0.15, -0.1) is 0 Å². The number of benzene rings is 2. The van der Waals surface area contributed by atoms with Crippen molar-refractivity contribution in [2.45, 2.75) is 34.0 Å². The highest BCUT2D eigenvalue weighted by Crippen LogP contribution is 2.16. The van der Waals surface area contributed by atoms with Crippen molar-refractivity contribution in [3.63, 3.8) is 0 Å². The zero-order valence-corrected chi connectivity index (χ0v) is 17.6. The molecule has 0 spiro atoms. The minimum atomic E-state index is -1.45. The Balaban J connectivity index is 1.75. The van der Waals surface area contributed by atoms with Crippen LogP contribution in [0.15, 0.2) is 66.9 Å². The summed E-state index contributed by atoms with van der Waals surface area (Å²) in [5.74, 6) is 0.172. The van der Waals surface area contributed by atoms with Gasteiger partial charge < -0.3 is 19.2 Å². The maximum atomic E-state index is 12.7. The number of aromatic nitrogens is 2. The van der Waals surface area contributed by atoms with Crippen LogP contribution in [0.5, 0.6) is 11.9 Å². The highest BCUT2D eigenvalue weighted by Gasteiger charge is 2.18. The fraction of sp³-hybridized carbons (Fsp3) is 0.304. The molecule has 0 atom stereocenters.